The Bertz CT molecular complexity index is 2430. The number of aliphatic hydroxyl groups excluding tert-OH is 1. The Labute approximate surface area is 356 Å². The number of urea groups is 1. The molecule has 1 aliphatic heterocycles. The molecule has 3 heterocycles. The molecule has 7 rings (SSSR count). The van der Waals surface area contributed by atoms with Crippen molar-refractivity contribution in [3.8, 4) is 17.0 Å². The van der Waals surface area contributed by atoms with E-state index < -0.39 is 24.1 Å². The van der Waals surface area contributed by atoms with E-state index in [1.807, 2.05) is 117 Å². The highest BCUT2D eigenvalue weighted by Crippen LogP contribution is 2.26. The van der Waals surface area contributed by atoms with Crippen molar-refractivity contribution in [1.29, 1.82) is 0 Å². The van der Waals surface area contributed by atoms with Gasteiger partial charge in [-0.25, -0.2) is 9.80 Å². The van der Waals surface area contributed by atoms with Crippen molar-refractivity contribution in [2.45, 2.75) is 64.9 Å². The summed E-state index contributed by atoms with van der Waals surface area (Å²) in [5, 5.41) is 28.4. The molecule has 4 amide bonds. The van der Waals surface area contributed by atoms with Crippen molar-refractivity contribution in [1.82, 2.24) is 35.5 Å². The number of rotatable bonds is 17. The van der Waals surface area contributed by atoms with Crippen LogP contribution in [-0.4, -0.2) is 90.7 Å². The second-order valence-electron chi connectivity index (χ2n) is 15.8. The predicted molar refractivity (Wildman–Crippen MR) is 236 cm³/mol. The Morgan fingerprint density at radius 1 is 0.836 bits per heavy atom. The maximum atomic E-state index is 14.6. The van der Waals surface area contributed by atoms with Gasteiger partial charge in [-0.3, -0.25) is 25.0 Å². The number of para-hydroxylation sites is 1. The number of hydrazine groups is 1. The number of carbonyl (C=O) groups excluding carboxylic acids is 3. The first-order chi connectivity index (χ1) is 29.6. The summed E-state index contributed by atoms with van der Waals surface area (Å²) in [7, 11) is 0. The van der Waals surface area contributed by atoms with Crippen LogP contribution in [0.25, 0.3) is 22.2 Å². The monoisotopic (exact) mass is 819 g/mol. The lowest BCUT2D eigenvalue weighted by molar-refractivity contribution is -0.128. The van der Waals surface area contributed by atoms with Gasteiger partial charge in [0.05, 0.1) is 23.4 Å². The van der Waals surface area contributed by atoms with Crippen LogP contribution in [-0.2, 0) is 24.3 Å². The number of pyridine rings is 2. The normalized spacial score (nSPS) is 14.8. The number of benzene rings is 4. The van der Waals surface area contributed by atoms with E-state index in [1.54, 1.807) is 46.3 Å². The molecule has 314 valence electrons. The second-order valence-corrected chi connectivity index (χ2v) is 15.8. The molecule has 1 saturated heterocycles. The number of aromatic hydroxyl groups is 1. The molecule has 4 aromatic carbocycles. The summed E-state index contributed by atoms with van der Waals surface area (Å²) in [5.41, 5.74) is 9.04. The number of aliphatic hydroxyl groups is 1. The van der Waals surface area contributed by atoms with Crippen molar-refractivity contribution < 1.29 is 24.6 Å². The Morgan fingerprint density at radius 2 is 1.59 bits per heavy atom. The summed E-state index contributed by atoms with van der Waals surface area (Å²) in [4.78, 5) is 54.9. The number of hydrogen-bond donors (Lipinski definition) is 4. The van der Waals surface area contributed by atoms with Gasteiger partial charge in [-0.15, -0.1) is 0 Å². The van der Waals surface area contributed by atoms with Crippen molar-refractivity contribution >= 4 is 28.7 Å². The molecule has 6 aromatic rings. The molecule has 2 aromatic heterocycles. The quantitative estimate of drug-likeness (QED) is 0.0727. The zero-order chi connectivity index (χ0) is 42.9. The van der Waals surface area contributed by atoms with Crippen LogP contribution in [0, 0.1) is 12.8 Å². The first-order valence-electron chi connectivity index (χ1n) is 20.8. The van der Waals surface area contributed by atoms with E-state index in [2.05, 4.69) is 20.7 Å². The molecular formula is C49H53N7O5. The zero-order valence-electron chi connectivity index (χ0n) is 34.8. The molecule has 0 radical (unpaired) electrons. The highest BCUT2D eigenvalue weighted by molar-refractivity contribution is 5.96. The standard InChI is InChI=1S/C49H53N7O5/c1-4-33(2)46(56-28-27-54(49(56)61)31-38-24-26-51-42-18-9-8-15-40(38)42)48(60)52-43(29-35-13-6-5-7-14-35)45(58)32-55(53-47(59)39-16-12-19-44(57)34(39)3)30-36-20-22-37(23-21-36)41-17-10-11-25-50-41/h5-26,33,43,45-46,57-58H,4,27-32H2,1-3H3,(H,52,60)(H,53,59)/t33?,43-,45-,46?/m0/s1. The van der Waals surface area contributed by atoms with Gasteiger partial charge >= 0.3 is 6.03 Å². The lowest BCUT2D eigenvalue weighted by atomic mass is 9.95. The van der Waals surface area contributed by atoms with Gasteiger partial charge in [-0.05, 0) is 72.4 Å². The minimum absolute atomic E-state index is 0.00342. The predicted octanol–water partition coefficient (Wildman–Crippen LogP) is 6.90. The molecule has 12 nitrogen and oxygen atoms in total. The van der Waals surface area contributed by atoms with Crippen molar-refractivity contribution in [3.05, 3.63) is 162 Å². The summed E-state index contributed by atoms with van der Waals surface area (Å²) in [6.45, 7) is 7.02. The van der Waals surface area contributed by atoms with Crippen molar-refractivity contribution in [2.24, 2.45) is 5.92 Å². The molecule has 4 atom stereocenters. The topological polar surface area (TPSA) is 151 Å². The van der Waals surface area contributed by atoms with E-state index in [-0.39, 0.29) is 42.3 Å². The molecule has 2 unspecified atom stereocenters. The van der Waals surface area contributed by atoms with E-state index in [0.717, 1.165) is 38.9 Å². The highest BCUT2D eigenvalue weighted by Gasteiger charge is 2.41. The van der Waals surface area contributed by atoms with Crippen LogP contribution in [0.2, 0.25) is 0 Å². The largest absolute Gasteiger partial charge is 0.508 e. The van der Waals surface area contributed by atoms with Crippen molar-refractivity contribution in [2.75, 3.05) is 19.6 Å². The number of aromatic nitrogens is 2. The SMILES string of the molecule is CCC(C)C(C(=O)N[C@@H](Cc1ccccc1)[C@@H](O)CN(Cc1ccc(-c2ccccn2)cc1)NC(=O)c1cccc(O)c1C)N1CCN(Cc2ccnc3ccccc23)C1=O. The molecule has 1 fully saturated rings. The lowest BCUT2D eigenvalue weighted by Gasteiger charge is -2.35. The Balaban J connectivity index is 1.13. The minimum Gasteiger partial charge on any atom is -0.508 e. The molecule has 4 N–H and O–H groups in total. The lowest BCUT2D eigenvalue weighted by Crippen LogP contribution is -2.58. The highest BCUT2D eigenvalue weighted by atomic mass is 16.3. The molecule has 61 heavy (non-hydrogen) atoms. The van der Waals surface area contributed by atoms with Gasteiger partial charge < -0.3 is 25.3 Å². The van der Waals surface area contributed by atoms with Gasteiger partial charge in [0.2, 0.25) is 5.91 Å². The first-order valence-corrected chi connectivity index (χ1v) is 20.8. The number of nitrogens with one attached hydrogen (secondary N) is 2. The van der Waals surface area contributed by atoms with Gasteiger partial charge in [0.25, 0.3) is 5.91 Å². The Morgan fingerprint density at radius 3 is 2.34 bits per heavy atom. The smallest absolute Gasteiger partial charge is 0.321 e. The van der Waals surface area contributed by atoms with E-state index >= 15 is 0 Å². The number of hydrogen-bond acceptors (Lipinski definition) is 8. The fraction of sp³-hybridized carbons (Fsp3) is 0.286. The number of nitrogens with zero attached hydrogens (tertiary/aromatic N) is 5. The number of amides is 4. The fourth-order valence-electron chi connectivity index (χ4n) is 7.97. The molecule has 12 heteroatoms. The van der Waals surface area contributed by atoms with Gasteiger partial charge in [-0.2, -0.15) is 0 Å². The molecule has 0 saturated carbocycles. The maximum Gasteiger partial charge on any atom is 0.321 e. The summed E-state index contributed by atoms with van der Waals surface area (Å²) in [5.74, 6) is -0.995. The van der Waals surface area contributed by atoms with Crippen LogP contribution in [0.3, 0.4) is 0 Å². The Hall–Kier alpha value is -6.63. The summed E-state index contributed by atoms with van der Waals surface area (Å²) in [6.07, 6.45) is 3.26. The third kappa shape index (κ3) is 10.2. The third-order valence-corrected chi connectivity index (χ3v) is 11.6. The van der Waals surface area contributed by atoms with E-state index in [0.29, 0.717) is 38.0 Å². The molecule has 0 aliphatic carbocycles. The van der Waals surface area contributed by atoms with E-state index in [9.17, 15) is 24.6 Å². The van der Waals surface area contributed by atoms with Crippen LogP contribution in [0.5, 0.6) is 5.75 Å². The van der Waals surface area contributed by atoms with Crippen LogP contribution in [0.1, 0.15) is 52.9 Å². The van der Waals surface area contributed by atoms with Gasteiger partial charge in [0.1, 0.15) is 11.8 Å². The molecule has 0 bridgehead atoms. The van der Waals surface area contributed by atoms with Gasteiger partial charge in [0, 0.05) is 67.2 Å². The van der Waals surface area contributed by atoms with E-state index in [4.69, 9.17) is 0 Å². The van der Waals surface area contributed by atoms with E-state index in [1.165, 1.54) is 6.07 Å². The number of carbonyl (C=O) groups is 3. The van der Waals surface area contributed by atoms with Crippen LogP contribution < -0.4 is 10.7 Å². The minimum atomic E-state index is -1.18. The molecule has 1 aliphatic rings. The van der Waals surface area contributed by atoms with Gasteiger partial charge in [-0.1, -0.05) is 105 Å². The van der Waals surface area contributed by atoms with Crippen LogP contribution in [0.15, 0.2) is 134 Å². The van der Waals surface area contributed by atoms with Crippen LogP contribution >= 0.6 is 0 Å². The zero-order valence-corrected chi connectivity index (χ0v) is 34.8. The fourth-order valence-corrected chi connectivity index (χ4v) is 7.97. The summed E-state index contributed by atoms with van der Waals surface area (Å²) < 4.78 is 0. The Kier molecular flexibility index (Phi) is 13.7. The summed E-state index contributed by atoms with van der Waals surface area (Å²) in [6, 6.07) is 35.9. The number of phenols is 1. The summed E-state index contributed by atoms with van der Waals surface area (Å²) >= 11 is 0. The second kappa shape index (κ2) is 19.6. The molecular weight excluding hydrogens is 767 g/mol. The van der Waals surface area contributed by atoms with Gasteiger partial charge in [0.15, 0.2) is 0 Å². The average Bonchev–Trinajstić information content (AvgIpc) is 3.63. The van der Waals surface area contributed by atoms with Crippen LogP contribution in [0.4, 0.5) is 4.79 Å². The van der Waals surface area contributed by atoms with Crippen molar-refractivity contribution in [3.63, 3.8) is 0 Å². The average molecular weight is 820 g/mol. The number of fused-ring (bicyclic) bond motifs is 1. The molecule has 0 spiro atoms. The third-order valence-electron chi connectivity index (χ3n) is 11.6. The first kappa shape index (κ1) is 42.5. The maximum absolute atomic E-state index is 14.6. The number of phenolic OH excluding ortho intramolecular Hbond substituents is 1.